The molecule has 3 aromatic carbocycles. The molecule has 7 heteroatoms. The van der Waals surface area contributed by atoms with E-state index >= 15 is 0 Å². The number of thioether (sulfide) groups is 1. The summed E-state index contributed by atoms with van der Waals surface area (Å²) in [5.74, 6) is 2.18. The highest BCUT2D eigenvalue weighted by Gasteiger charge is 2.18. The standard InChI is InChI=1S/C31H34FN3O2S/c1-3-4-15-35-27(19-33-31(35)25-6-5-7-26(32)18-25)21-34(16-14-23-8-11-28(38-2)12-9-23)20-24-10-13-29-30(17-24)37-22-36-29/h5-13,17-19H,3-4,14-16,20-22H2,1-2H3. The Morgan fingerprint density at radius 1 is 0.974 bits per heavy atom. The normalized spacial score (nSPS) is 12.4. The molecular formula is C31H34FN3O2S. The van der Waals surface area contributed by atoms with Crippen molar-refractivity contribution in [2.75, 3.05) is 19.6 Å². The van der Waals surface area contributed by atoms with E-state index in [1.54, 1.807) is 23.9 Å². The number of hydrogen-bond acceptors (Lipinski definition) is 5. The van der Waals surface area contributed by atoms with Gasteiger partial charge in [-0.15, -0.1) is 11.8 Å². The highest BCUT2D eigenvalue weighted by molar-refractivity contribution is 7.98. The molecule has 0 atom stereocenters. The number of benzene rings is 3. The topological polar surface area (TPSA) is 39.5 Å². The lowest BCUT2D eigenvalue weighted by atomic mass is 10.1. The van der Waals surface area contributed by atoms with Crippen molar-refractivity contribution < 1.29 is 13.9 Å². The Morgan fingerprint density at radius 3 is 2.58 bits per heavy atom. The summed E-state index contributed by atoms with van der Waals surface area (Å²) in [6.07, 6.45) is 7.11. The molecule has 0 unspecified atom stereocenters. The summed E-state index contributed by atoms with van der Waals surface area (Å²) in [5, 5.41) is 0. The van der Waals surface area contributed by atoms with Crippen LogP contribution in [0.2, 0.25) is 0 Å². The number of aromatic nitrogens is 2. The molecule has 1 aromatic heterocycles. The maximum atomic E-state index is 14.0. The number of ether oxygens (including phenoxy) is 2. The van der Waals surface area contributed by atoms with Crippen molar-refractivity contribution in [3.8, 4) is 22.9 Å². The Morgan fingerprint density at radius 2 is 1.79 bits per heavy atom. The van der Waals surface area contributed by atoms with Gasteiger partial charge in [0.25, 0.3) is 0 Å². The third-order valence-corrected chi connectivity index (χ3v) is 7.60. The first-order valence-electron chi connectivity index (χ1n) is 13.2. The monoisotopic (exact) mass is 531 g/mol. The van der Waals surface area contributed by atoms with Gasteiger partial charge in [0.2, 0.25) is 6.79 Å². The Labute approximate surface area is 228 Å². The number of fused-ring (bicyclic) bond motifs is 1. The van der Waals surface area contributed by atoms with Crippen molar-refractivity contribution >= 4 is 11.8 Å². The summed E-state index contributed by atoms with van der Waals surface area (Å²) < 4.78 is 27.4. The molecule has 0 bridgehead atoms. The minimum atomic E-state index is -0.244. The fraction of sp³-hybridized carbons (Fsp3) is 0.323. The van der Waals surface area contributed by atoms with Gasteiger partial charge in [-0.1, -0.05) is 43.7 Å². The Bertz CT molecular complexity index is 1360. The number of halogens is 1. The summed E-state index contributed by atoms with van der Waals surface area (Å²) in [6.45, 7) is 5.71. The zero-order valence-electron chi connectivity index (χ0n) is 22.0. The van der Waals surface area contributed by atoms with Gasteiger partial charge in [-0.3, -0.25) is 4.90 Å². The zero-order valence-corrected chi connectivity index (χ0v) is 22.8. The maximum Gasteiger partial charge on any atom is 0.231 e. The lowest BCUT2D eigenvalue weighted by molar-refractivity contribution is 0.174. The first-order valence-corrected chi connectivity index (χ1v) is 14.4. The molecule has 0 N–H and O–H groups in total. The van der Waals surface area contributed by atoms with Crippen LogP contribution < -0.4 is 9.47 Å². The molecule has 0 amide bonds. The molecule has 198 valence electrons. The van der Waals surface area contributed by atoms with Crippen LogP contribution in [-0.2, 0) is 26.1 Å². The van der Waals surface area contributed by atoms with E-state index in [1.807, 2.05) is 18.3 Å². The molecule has 0 fully saturated rings. The molecule has 2 heterocycles. The molecule has 1 aliphatic heterocycles. The average Bonchev–Trinajstić information content (AvgIpc) is 3.57. The maximum absolute atomic E-state index is 14.0. The molecule has 5 nitrogen and oxygen atoms in total. The molecule has 0 saturated heterocycles. The van der Waals surface area contributed by atoms with Crippen molar-refractivity contribution in [2.45, 2.75) is 50.7 Å². The lowest BCUT2D eigenvalue weighted by Gasteiger charge is -2.24. The molecule has 5 rings (SSSR count). The van der Waals surface area contributed by atoms with Crippen LogP contribution in [0.5, 0.6) is 11.5 Å². The largest absolute Gasteiger partial charge is 0.454 e. The summed E-state index contributed by atoms with van der Waals surface area (Å²) in [6, 6.07) is 21.7. The second-order valence-corrected chi connectivity index (χ2v) is 10.5. The highest BCUT2D eigenvalue weighted by Crippen LogP contribution is 2.33. The van der Waals surface area contributed by atoms with E-state index < -0.39 is 0 Å². The molecule has 4 aromatic rings. The zero-order chi connectivity index (χ0) is 26.3. The number of imidazole rings is 1. The predicted molar refractivity (Wildman–Crippen MR) is 151 cm³/mol. The minimum Gasteiger partial charge on any atom is -0.454 e. The van der Waals surface area contributed by atoms with Crippen LogP contribution in [0.4, 0.5) is 4.39 Å². The van der Waals surface area contributed by atoms with Gasteiger partial charge in [0.15, 0.2) is 11.5 Å². The first-order chi connectivity index (χ1) is 18.6. The third kappa shape index (κ3) is 6.40. The van der Waals surface area contributed by atoms with Gasteiger partial charge in [-0.2, -0.15) is 0 Å². The summed E-state index contributed by atoms with van der Waals surface area (Å²) in [4.78, 5) is 8.48. The molecular weight excluding hydrogens is 497 g/mol. The van der Waals surface area contributed by atoms with E-state index in [-0.39, 0.29) is 12.6 Å². The van der Waals surface area contributed by atoms with E-state index in [9.17, 15) is 4.39 Å². The molecule has 0 radical (unpaired) electrons. The lowest BCUT2D eigenvalue weighted by Crippen LogP contribution is -2.27. The molecule has 0 aliphatic carbocycles. The van der Waals surface area contributed by atoms with E-state index in [2.05, 4.69) is 59.0 Å². The van der Waals surface area contributed by atoms with Crippen molar-refractivity contribution in [3.05, 3.63) is 95.6 Å². The van der Waals surface area contributed by atoms with Crippen LogP contribution >= 0.6 is 11.8 Å². The van der Waals surface area contributed by atoms with Crippen LogP contribution in [0.3, 0.4) is 0 Å². The van der Waals surface area contributed by atoms with Crippen LogP contribution in [0, 0.1) is 5.82 Å². The molecule has 0 spiro atoms. The van der Waals surface area contributed by atoms with Crippen molar-refractivity contribution in [1.29, 1.82) is 0 Å². The quantitative estimate of drug-likeness (QED) is 0.181. The van der Waals surface area contributed by atoms with Crippen molar-refractivity contribution in [3.63, 3.8) is 0 Å². The summed E-state index contributed by atoms with van der Waals surface area (Å²) in [5.41, 5.74) is 4.44. The van der Waals surface area contributed by atoms with Crippen molar-refractivity contribution in [2.24, 2.45) is 0 Å². The van der Waals surface area contributed by atoms with Gasteiger partial charge in [0, 0.05) is 36.6 Å². The third-order valence-electron chi connectivity index (χ3n) is 6.86. The van der Waals surface area contributed by atoms with Crippen LogP contribution in [0.1, 0.15) is 36.6 Å². The Hall–Kier alpha value is -3.29. The average molecular weight is 532 g/mol. The first kappa shape index (κ1) is 26.3. The van der Waals surface area contributed by atoms with Gasteiger partial charge in [0.1, 0.15) is 11.6 Å². The van der Waals surface area contributed by atoms with E-state index in [0.29, 0.717) is 0 Å². The van der Waals surface area contributed by atoms with E-state index in [1.165, 1.54) is 22.1 Å². The van der Waals surface area contributed by atoms with E-state index in [4.69, 9.17) is 14.5 Å². The fourth-order valence-corrected chi connectivity index (χ4v) is 5.19. The van der Waals surface area contributed by atoms with Crippen LogP contribution in [-0.4, -0.2) is 34.0 Å². The van der Waals surface area contributed by atoms with Gasteiger partial charge in [0.05, 0.1) is 11.9 Å². The number of rotatable bonds is 12. The minimum absolute atomic E-state index is 0.244. The van der Waals surface area contributed by atoms with E-state index in [0.717, 1.165) is 74.0 Å². The molecule has 1 aliphatic rings. The number of hydrogen-bond donors (Lipinski definition) is 0. The van der Waals surface area contributed by atoms with Gasteiger partial charge >= 0.3 is 0 Å². The van der Waals surface area contributed by atoms with Crippen LogP contribution in [0.15, 0.2) is 77.8 Å². The second-order valence-electron chi connectivity index (χ2n) is 9.59. The Balaban J connectivity index is 1.40. The SMILES string of the molecule is CCCCn1c(CN(CCc2ccc(SC)cc2)Cc2ccc3c(c2)OCO3)cnc1-c1cccc(F)c1. The second kappa shape index (κ2) is 12.5. The van der Waals surface area contributed by atoms with Gasteiger partial charge in [-0.05, 0) is 66.6 Å². The predicted octanol–water partition coefficient (Wildman–Crippen LogP) is 7.18. The molecule has 0 saturated carbocycles. The fourth-order valence-electron chi connectivity index (χ4n) is 4.78. The van der Waals surface area contributed by atoms with Crippen molar-refractivity contribution in [1.82, 2.24) is 14.5 Å². The summed E-state index contributed by atoms with van der Waals surface area (Å²) >= 11 is 1.76. The number of unbranched alkanes of at least 4 members (excludes halogenated alkanes) is 1. The molecule has 38 heavy (non-hydrogen) atoms. The highest BCUT2D eigenvalue weighted by atomic mass is 32.2. The number of nitrogens with zero attached hydrogens (tertiary/aromatic N) is 3. The van der Waals surface area contributed by atoms with Gasteiger partial charge in [-0.25, -0.2) is 9.37 Å². The summed E-state index contributed by atoms with van der Waals surface area (Å²) in [7, 11) is 0. The Kier molecular flexibility index (Phi) is 8.66. The smallest absolute Gasteiger partial charge is 0.231 e. The van der Waals surface area contributed by atoms with Gasteiger partial charge < -0.3 is 14.0 Å². The van der Waals surface area contributed by atoms with Crippen LogP contribution in [0.25, 0.3) is 11.4 Å².